The van der Waals surface area contributed by atoms with Gasteiger partial charge in [0.2, 0.25) is 0 Å². The Morgan fingerprint density at radius 2 is 1.90 bits per heavy atom. The maximum atomic E-state index is 13.6. The fourth-order valence-electron chi connectivity index (χ4n) is 1.91. The number of hydrogen-bond acceptors (Lipinski definition) is 3. The predicted octanol–water partition coefficient (Wildman–Crippen LogP) is 3.46. The number of nitrogen functional groups attached to an aromatic ring is 1. The molecule has 0 spiro atoms. The topological polar surface area (TPSA) is 42.2 Å². The largest absolute Gasteiger partial charge is 0.433 e. The Labute approximate surface area is 119 Å². The van der Waals surface area contributed by atoms with Gasteiger partial charge in [-0.1, -0.05) is 18.2 Å². The van der Waals surface area contributed by atoms with Crippen LogP contribution in [0, 0.1) is 5.82 Å². The number of aromatic nitrogens is 1. The van der Waals surface area contributed by atoms with Gasteiger partial charge in [0.05, 0.1) is 17.6 Å². The molecule has 0 radical (unpaired) electrons. The van der Waals surface area contributed by atoms with Crippen molar-refractivity contribution in [3.63, 3.8) is 0 Å². The highest BCUT2D eigenvalue weighted by Gasteiger charge is 2.33. The van der Waals surface area contributed by atoms with Gasteiger partial charge >= 0.3 is 6.18 Å². The second-order valence-corrected chi connectivity index (χ2v) is 4.57. The predicted molar refractivity (Wildman–Crippen MR) is 72.2 cm³/mol. The molecule has 0 bridgehead atoms. The van der Waals surface area contributed by atoms with E-state index in [1.54, 1.807) is 18.2 Å². The summed E-state index contributed by atoms with van der Waals surface area (Å²) in [6.07, 6.45) is -3.60. The molecule has 0 unspecified atom stereocenters. The smallest absolute Gasteiger partial charge is 0.396 e. The van der Waals surface area contributed by atoms with E-state index in [-0.39, 0.29) is 17.9 Å². The Bertz CT molecular complexity index is 640. The highest BCUT2D eigenvalue weighted by atomic mass is 19.4. The normalized spacial score (nSPS) is 11.5. The molecular formula is C14H13F4N3. The lowest BCUT2D eigenvalue weighted by Gasteiger charge is -2.22. The van der Waals surface area contributed by atoms with Crippen LogP contribution in [-0.2, 0) is 12.7 Å². The van der Waals surface area contributed by atoms with Crippen LogP contribution in [0.25, 0.3) is 0 Å². The molecule has 3 nitrogen and oxygen atoms in total. The lowest BCUT2D eigenvalue weighted by atomic mass is 10.2. The van der Waals surface area contributed by atoms with Gasteiger partial charge in [-0.05, 0) is 12.1 Å². The molecule has 2 N–H and O–H groups in total. The van der Waals surface area contributed by atoms with Gasteiger partial charge in [-0.3, -0.25) is 0 Å². The van der Waals surface area contributed by atoms with Crippen molar-refractivity contribution in [2.45, 2.75) is 12.7 Å². The average molecular weight is 299 g/mol. The summed E-state index contributed by atoms with van der Waals surface area (Å²) < 4.78 is 51.6. The summed E-state index contributed by atoms with van der Waals surface area (Å²) in [6.45, 7) is 0.0954. The number of anilines is 2. The Hall–Kier alpha value is -2.31. The van der Waals surface area contributed by atoms with E-state index < -0.39 is 17.7 Å². The number of rotatable bonds is 3. The molecule has 0 saturated heterocycles. The molecule has 1 aromatic heterocycles. The Balaban J connectivity index is 2.31. The molecule has 0 atom stereocenters. The first kappa shape index (κ1) is 15.1. The summed E-state index contributed by atoms with van der Waals surface area (Å²) in [4.78, 5) is 4.72. The van der Waals surface area contributed by atoms with Crippen LogP contribution in [0.5, 0.6) is 0 Å². The van der Waals surface area contributed by atoms with Crippen molar-refractivity contribution in [1.29, 1.82) is 0 Å². The molecule has 0 aliphatic carbocycles. The van der Waals surface area contributed by atoms with Gasteiger partial charge in [0.1, 0.15) is 11.5 Å². The van der Waals surface area contributed by atoms with E-state index in [2.05, 4.69) is 4.98 Å². The molecular weight excluding hydrogens is 286 g/mol. The van der Waals surface area contributed by atoms with E-state index in [9.17, 15) is 17.6 Å². The maximum absolute atomic E-state index is 13.6. The van der Waals surface area contributed by atoms with Crippen molar-refractivity contribution in [1.82, 2.24) is 4.98 Å². The zero-order chi connectivity index (χ0) is 15.6. The maximum Gasteiger partial charge on any atom is 0.433 e. The molecule has 0 saturated carbocycles. The van der Waals surface area contributed by atoms with E-state index in [4.69, 9.17) is 5.73 Å². The third-order valence-electron chi connectivity index (χ3n) is 2.98. The number of pyridine rings is 1. The standard InChI is InChI=1S/C14H13F4N3/c1-21(8-9-4-2-3-5-10(9)15)12-6-13(14(16,17)18)20-7-11(12)19/h2-7H,8,19H2,1H3. The fraction of sp³-hybridized carbons (Fsp3) is 0.214. The Kier molecular flexibility index (Phi) is 4.02. The van der Waals surface area contributed by atoms with Crippen molar-refractivity contribution in [2.75, 3.05) is 17.7 Å². The zero-order valence-electron chi connectivity index (χ0n) is 11.2. The van der Waals surface area contributed by atoms with Crippen molar-refractivity contribution in [3.05, 3.63) is 53.6 Å². The van der Waals surface area contributed by atoms with Crippen LogP contribution in [0.2, 0.25) is 0 Å². The summed E-state index contributed by atoms with van der Waals surface area (Å²) in [5.74, 6) is -0.423. The van der Waals surface area contributed by atoms with Crippen molar-refractivity contribution in [2.24, 2.45) is 0 Å². The van der Waals surface area contributed by atoms with Crippen LogP contribution >= 0.6 is 0 Å². The van der Waals surface area contributed by atoms with Gasteiger partial charge in [-0.25, -0.2) is 9.37 Å². The molecule has 7 heteroatoms. The van der Waals surface area contributed by atoms with Crippen LogP contribution in [0.3, 0.4) is 0 Å². The first-order valence-corrected chi connectivity index (χ1v) is 6.06. The minimum absolute atomic E-state index is 0.0954. The first-order valence-electron chi connectivity index (χ1n) is 6.06. The first-order chi connectivity index (χ1) is 9.79. The van der Waals surface area contributed by atoms with Crippen molar-refractivity contribution < 1.29 is 17.6 Å². The zero-order valence-corrected chi connectivity index (χ0v) is 11.2. The third-order valence-corrected chi connectivity index (χ3v) is 2.98. The summed E-state index contributed by atoms with van der Waals surface area (Å²) >= 11 is 0. The van der Waals surface area contributed by atoms with Gasteiger partial charge in [-0.2, -0.15) is 13.2 Å². The van der Waals surface area contributed by atoms with E-state index in [1.165, 1.54) is 18.0 Å². The number of hydrogen-bond donors (Lipinski definition) is 1. The van der Waals surface area contributed by atoms with Crippen LogP contribution < -0.4 is 10.6 Å². The molecule has 2 rings (SSSR count). The lowest BCUT2D eigenvalue weighted by molar-refractivity contribution is -0.141. The Morgan fingerprint density at radius 1 is 1.24 bits per heavy atom. The molecule has 21 heavy (non-hydrogen) atoms. The molecule has 2 aromatic rings. The van der Waals surface area contributed by atoms with Crippen LogP contribution in [0.15, 0.2) is 36.5 Å². The van der Waals surface area contributed by atoms with E-state index >= 15 is 0 Å². The van der Waals surface area contributed by atoms with Crippen LogP contribution in [-0.4, -0.2) is 12.0 Å². The molecule has 0 aliphatic heterocycles. The van der Waals surface area contributed by atoms with Gasteiger partial charge < -0.3 is 10.6 Å². The van der Waals surface area contributed by atoms with Gasteiger partial charge in [0.25, 0.3) is 0 Å². The molecule has 0 aliphatic rings. The second-order valence-electron chi connectivity index (χ2n) is 4.57. The molecule has 112 valence electrons. The summed E-state index contributed by atoms with van der Waals surface area (Å²) in [5, 5.41) is 0. The molecule has 0 amide bonds. The van der Waals surface area contributed by atoms with Gasteiger partial charge in [-0.15, -0.1) is 0 Å². The quantitative estimate of drug-likeness (QED) is 0.883. The third kappa shape index (κ3) is 3.42. The molecule has 1 aromatic carbocycles. The van der Waals surface area contributed by atoms with Gasteiger partial charge in [0.15, 0.2) is 0 Å². The molecule has 0 fully saturated rings. The number of nitrogens with zero attached hydrogens (tertiary/aromatic N) is 2. The molecule has 1 heterocycles. The van der Waals surface area contributed by atoms with E-state index in [0.29, 0.717) is 5.56 Å². The lowest BCUT2D eigenvalue weighted by Crippen LogP contribution is -2.20. The SMILES string of the molecule is CN(Cc1ccccc1F)c1cc(C(F)(F)F)ncc1N. The van der Waals surface area contributed by atoms with Crippen LogP contribution in [0.4, 0.5) is 28.9 Å². The van der Waals surface area contributed by atoms with Gasteiger partial charge in [0, 0.05) is 19.2 Å². The minimum atomic E-state index is -4.55. The van der Waals surface area contributed by atoms with Crippen molar-refractivity contribution >= 4 is 11.4 Å². The summed E-state index contributed by atoms with van der Waals surface area (Å²) in [5.41, 5.74) is 5.24. The highest BCUT2D eigenvalue weighted by molar-refractivity contribution is 5.66. The van der Waals surface area contributed by atoms with E-state index in [0.717, 1.165) is 12.3 Å². The highest BCUT2D eigenvalue weighted by Crippen LogP contribution is 2.32. The average Bonchev–Trinajstić information content (AvgIpc) is 2.40. The number of benzene rings is 1. The summed E-state index contributed by atoms with van der Waals surface area (Å²) in [6, 6.07) is 6.91. The summed E-state index contributed by atoms with van der Waals surface area (Å²) in [7, 11) is 1.54. The number of nitrogens with two attached hydrogens (primary N) is 1. The van der Waals surface area contributed by atoms with Crippen LogP contribution in [0.1, 0.15) is 11.3 Å². The minimum Gasteiger partial charge on any atom is -0.396 e. The Morgan fingerprint density at radius 3 is 2.52 bits per heavy atom. The second kappa shape index (κ2) is 5.59. The van der Waals surface area contributed by atoms with Crippen molar-refractivity contribution in [3.8, 4) is 0 Å². The van der Waals surface area contributed by atoms with E-state index in [1.807, 2.05) is 0 Å². The monoisotopic (exact) mass is 299 g/mol. The fourth-order valence-corrected chi connectivity index (χ4v) is 1.91. The number of alkyl halides is 3. The number of halogens is 4.